The van der Waals surface area contributed by atoms with E-state index in [1.54, 1.807) is 25.1 Å². The maximum Gasteiger partial charge on any atom is 0.416 e. The Hall–Kier alpha value is -3.45. The molecule has 4 rings (SSSR count). The van der Waals surface area contributed by atoms with Crippen molar-refractivity contribution in [3.63, 3.8) is 0 Å². The lowest BCUT2D eigenvalue weighted by molar-refractivity contribution is -0.143. The van der Waals surface area contributed by atoms with Crippen LogP contribution in [0.15, 0.2) is 59.7 Å². The molecule has 1 unspecified atom stereocenters. The van der Waals surface area contributed by atoms with E-state index in [4.69, 9.17) is 4.74 Å². The van der Waals surface area contributed by atoms with E-state index in [1.807, 2.05) is 12.1 Å². The molecule has 1 aromatic heterocycles. The molecule has 1 aliphatic rings. The molecule has 2 N–H and O–H groups in total. The molecule has 0 aliphatic carbocycles. The van der Waals surface area contributed by atoms with E-state index in [-0.39, 0.29) is 49.8 Å². The van der Waals surface area contributed by atoms with Crippen LogP contribution in [0.25, 0.3) is 0 Å². The highest BCUT2D eigenvalue weighted by Crippen LogP contribution is 2.41. The Morgan fingerprint density at radius 1 is 1.05 bits per heavy atom. The Morgan fingerprint density at radius 2 is 1.68 bits per heavy atom. The predicted molar refractivity (Wildman–Crippen MR) is 132 cm³/mol. The second-order valence-electron chi connectivity index (χ2n) is 9.93. The summed E-state index contributed by atoms with van der Waals surface area (Å²) < 4.78 is 87.6. The number of benzene rings is 2. The molecule has 40 heavy (non-hydrogen) atoms. The third-order valence-electron chi connectivity index (χ3n) is 7.52. The zero-order valence-electron chi connectivity index (χ0n) is 21.7. The van der Waals surface area contributed by atoms with Crippen LogP contribution < -0.4 is 11.0 Å². The number of halogens is 6. The number of nitrogens with one attached hydrogen (secondary N) is 2. The summed E-state index contributed by atoms with van der Waals surface area (Å²) in [5.74, 6) is -0.192. The molecule has 216 valence electrons. The van der Waals surface area contributed by atoms with Crippen molar-refractivity contribution in [3.05, 3.63) is 87.6 Å². The van der Waals surface area contributed by atoms with Crippen LogP contribution in [-0.2, 0) is 33.0 Å². The Labute approximate surface area is 225 Å². The first kappa shape index (κ1) is 29.5. The summed E-state index contributed by atoms with van der Waals surface area (Å²) in [5.41, 5.74) is -5.10. The topological polar surface area (TPSA) is 89.0 Å². The number of piperidine rings is 1. The maximum atomic E-state index is 13.4. The molecule has 0 amide bonds. The van der Waals surface area contributed by atoms with Gasteiger partial charge in [0.1, 0.15) is 11.9 Å². The average Bonchev–Trinajstić information content (AvgIpc) is 3.37. The summed E-state index contributed by atoms with van der Waals surface area (Å²) in [6.07, 6.45) is -9.20. The number of alkyl halides is 6. The zero-order chi connectivity index (χ0) is 29.3. The van der Waals surface area contributed by atoms with Gasteiger partial charge in [-0.25, -0.2) is 9.89 Å². The molecule has 0 saturated carbocycles. The van der Waals surface area contributed by atoms with E-state index in [9.17, 15) is 35.9 Å². The quantitative estimate of drug-likeness (QED) is 0.357. The summed E-state index contributed by atoms with van der Waals surface area (Å²) in [6, 6.07) is 10.4. The van der Waals surface area contributed by atoms with Crippen LogP contribution in [0, 0.1) is 0 Å². The highest BCUT2D eigenvalue weighted by Gasteiger charge is 2.49. The number of hydrogen-bond donors (Lipinski definition) is 2. The first-order valence-corrected chi connectivity index (χ1v) is 12.6. The molecule has 7 nitrogen and oxygen atoms in total. The lowest BCUT2D eigenvalue weighted by atomic mass is 9.74. The summed E-state index contributed by atoms with van der Waals surface area (Å²) in [7, 11) is 0. The monoisotopic (exact) mass is 570 g/mol. The number of Topliss-reactive ketones (excluding diaryl/α,β-unsaturated/α-hetero) is 1. The van der Waals surface area contributed by atoms with Gasteiger partial charge in [0.15, 0.2) is 5.78 Å². The molecule has 1 saturated heterocycles. The summed E-state index contributed by atoms with van der Waals surface area (Å²) in [4.78, 5) is 25.5. The second-order valence-corrected chi connectivity index (χ2v) is 9.93. The van der Waals surface area contributed by atoms with Gasteiger partial charge in [0.05, 0.1) is 29.4 Å². The van der Waals surface area contributed by atoms with Crippen LogP contribution in [0.1, 0.15) is 61.5 Å². The minimum Gasteiger partial charge on any atom is -0.372 e. The predicted octanol–water partition coefficient (Wildman–Crippen LogP) is 5.34. The van der Waals surface area contributed by atoms with Crippen molar-refractivity contribution in [2.75, 3.05) is 13.2 Å². The fourth-order valence-electron chi connectivity index (χ4n) is 5.16. The summed E-state index contributed by atoms with van der Waals surface area (Å²) in [5, 5.41) is 9.40. The van der Waals surface area contributed by atoms with E-state index >= 15 is 0 Å². The Balaban J connectivity index is 1.65. The second kappa shape index (κ2) is 10.8. The first-order valence-electron chi connectivity index (χ1n) is 12.6. The van der Waals surface area contributed by atoms with Gasteiger partial charge < -0.3 is 10.1 Å². The van der Waals surface area contributed by atoms with Crippen LogP contribution >= 0.6 is 0 Å². The van der Waals surface area contributed by atoms with Crippen LogP contribution in [-0.4, -0.2) is 33.7 Å². The Kier molecular flexibility index (Phi) is 8.01. The molecule has 0 spiro atoms. The van der Waals surface area contributed by atoms with E-state index in [0.29, 0.717) is 12.1 Å². The van der Waals surface area contributed by atoms with E-state index in [2.05, 4.69) is 15.5 Å². The number of aromatic amines is 1. The number of nitrogens with zero attached hydrogens (tertiary/aromatic N) is 2. The molecule has 3 atom stereocenters. The maximum absolute atomic E-state index is 13.4. The van der Waals surface area contributed by atoms with Crippen LogP contribution in [0.3, 0.4) is 0 Å². The van der Waals surface area contributed by atoms with Gasteiger partial charge in [-0.2, -0.15) is 31.4 Å². The fraction of sp³-hybridized carbons (Fsp3) is 0.444. The number of carbonyl (C=O) groups is 1. The lowest BCUT2D eigenvalue weighted by Crippen LogP contribution is -2.63. The normalized spacial score (nSPS) is 22.7. The first-order chi connectivity index (χ1) is 18.7. The molecular weight excluding hydrogens is 542 g/mol. The van der Waals surface area contributed by atoms with Crippen molar-refractivity contribution in [2.45, 2.75) is 62.6 Å². The zero-order valence-corrected chi connectivity index (χ0v) is 21.7. The van der Waals surface area contributed by atoms with Gasteiger partial charge in [-0.1, -0.05) is 37.3 Å². The van der Waals surface area contributed by atoms with E-state index in [1.165, 1.54) is 17.8 Å². The standard InChI is InChI=1S/C27H28F6N4O3/c1-3-22(38)25(37-16-35-36-23(37)39)10-9-24(34-14-25,19-7-5-4-6-8-19)15-40-17(2)18-11-20(26(28,29)30)13-21(12-18)27(31,32)33/h4-8,11-13,16-17,34H,3,9-10,14-15H2,1-2H3,(H,36,39)/t17-,24-,25?/m1/s1. The van der Waals surface area contributed by atoms with Crippen molar-refractivity contribution in [1.82, 2.24) is 20.1 Å². The number of carbonyl (C=O) groups excluding carboxylic acids is 1. The van der Waals surface area contributed by atoms with Crippen molar-refractivity contribution in [2.24, 2.45) is 0 Å². The lowest BCUT2D eigenvalue weighted by Gasteiger charge is -2.47. The van der Waals surface area contributed by atoms with Gasteiger partial charge in [-0.15, -0.1) is 0 Å². The van der Waals surface area contributed by atoms with Gasteiger partial charge in [-0.05, 0) is 49.1 Å². The van der Waals surface area contributed by atoms with Gasteiger partial charge in [0.2, 0.25) is 0 Å². The van der Waals surface area contributed by atoms with Crippen molar-refractivity contribution in [3.8, 4) is 0 Å². The highest BCUT2D eigenvalue weighted by atomic mass is 19.4. The number of aromatic nitrogens is 3. The van der Waals surface area contributed by atoms with Gasteiger partial charge in [0, 0.05) is 13.0 Å². The molecule has 3 aromatic rings. The van der Waals surface area contributed by atoms with Gasteiger partial charge in [-0.3, -0.25) is 9.36 Å². The third kappa shape index (κ3) is 5.71. The molecule has 0 radical (unpaired) electrons. The summed E-state index contributed by atoms with van der Waals surface area (Å²) >= 11 is 0. The van der Waals surface area contributed by atoms with Crippen LogP contribution in [0.5, 0.6) is 0 Å². The smallest absolute Gasteiger partial charge is 0.372 e. The highest BCUT2D eigenvalue weighted by molar-refractivity contribution is 5.86. The van der Waals surface area contributed by atoms with Crippen molar-refractivity contribution in [1.29, 1.82) is 0 Å². The van der Waals surface area contributed by atoms with Gasteiger partial charge in [0.25, 0.3) is 0 Å². The number of hydrogen-bond acceptors (Lipinski definition) is 5. The Morgan fingerprint density at radius 3 is 2.15 bits per heavy atom. The molecule has 1 aliphatic heterocycles. The molecule has 13 heteroatoms. The van der Waals surface area contributed by atoms with Gasteiger partial charge >= 0.3 is 18.0 Å². The molecule has 1 fully saturated rings. The third-order valence-corrected chi connectivity index (χ3v) is 7.52. The minimum absolute atomic E-state index is 0.0214. The molecule has 2 heterocycles. The number of rotatable bonds is 8. The largest absolute Gasteiger partial charge is 0.416 e. The summed E-state index contributed by atoms with van der Waals surface area (Å²) in [6.45, 7) is 2.95. The van der Waals surface area contributed by atoms with E-state index < -0.39 is 46.4 Å². The van der Waals surface area contributed by atoms with Crippen molar-refractivity contribution < 1.29 is 35.9 Å². The molecular formula is C27H28F6N4O3. The van der Waals surface area contributed by atoms with Crippen molar-refractivity contribution >= 4 is 5.78 Å². The SMILES string of the molecule is CCC(=O)C1(n2cn[nH]c2=O)CC[C@@](CO[C@H](C)c2cc(C(F)(F)F)cc(C(F)(F)F)c2)(c2ccccc2)NC1. The minimum atomic E-state index is -4.98. The van der Waals surface area contributed by atoms with Crippen LogP contribution in [0.2, 0.25) is 0 Å². The molecule has 0 bridgehead atoms. The van der Waals surface area contributed by atoms with E-state index in [0.717, 1.165) is 5.56 Å². The average molecular weight is 571 g/mol. The number of ether oxygens (including phenoxy) is 1. The fourth-order valence-corrected chi connectivity index (χ4v) is 5.16. The number of ketones is 1. The molecule has 2 aromatic carbocycles. The Bertz CT molecular complexity index is 1360. The number of H-pyrrole nitrogens is 1. The van der Waals surface area contributed by atoms with Crippen LogP contribution in [0.4, 0.5) is 26.3 Å².